The van der Waals surface area contributed by atoms with E-state index in [0.29, 0.717) is 0 Å². The number of hydrogen-bond donors (Lipinski definition) is 0. The first-order valence-electron chi connectivity index (χ1n) is 4.29. The number of halogens is 1. The SMILES string of the molecule is Br/C=C1/CCCc2ccccc21. The Morgan fingerprint density at radius 2 is 2.00 bits per heavy atom. The van der Waals surface area contributed by atoms with E-state index in [0.717, 1.165) is 0 Å². The minimum Gasteiger partial charge on any atom is -0.0620 e. The molecule has 1 aliphatic carbocycles. The van der Waals surface area contributed by atoms with Crippen molar-refractivity contribution in [3.63, 3.8) is 0 Å². The molecule has 0 aliphatic heterocycles. The van der Waals surface area contributed by atoms with Crippen molar-refractivity contribution in [2.24, 2.45) is 0 Å². The van der Waals surface area contributed by atoms with Crippen LogP contribution in [0.25, 0.3) is 5.57 Å². The molecule has 0 fully saturated rings. The fraction of sp³-hybridized carbons (Fsp3) is 0.273. The van der Waals surface area contributed by atoms with Crippen LogP contribution >= 0.6 is 15.9 Å². The van der Waals surface area contributed by atoms with Crippen LogP contribution in [0, 0.1) is 0 Å². The third kappa shape index (κ3) is 1.34. The van der Waals surface area contributed by atoms with Gasteiger partial charge in [0, 0.05) is 0 Å². The molecule has 2 rings (SSSR count). The lowest BCUT2D eigenvalue weighted by molar-refractivity contribution is 0.823. The van der Waals surface area contributed by atoms with Gasteiger partial charge in [0.1, 0.15) is 0 Å². The zero-order chi connectivity index (χ0) is 8.39. The Morgan fingerprint density at radius 1 is 1.17 bits per heavy atom. The molecule has 0 N–H and O–H groups in total. The molecule has 1 aromatic rings. The molecule has 0 saturated carbocycles. The topological polar surface area (TPSA) is 0 Å². The van der Waals surface area contributed by atoms with Gasteiger partial charge in [-0.25, -0.2) is 0 Å². The molecule has 0 saturated heterocycles. The van der Waals surface area contributed by atoms with E-state index in [1.807, 2.05) is 0 Å². The summed E-state index contributed by atoms with van der Waals surface area (Å²) < 4.78 is 0. The van der Waals surface area contributed by atoms with Crippen LogP contribution in [0.2, 0.25) is 0 Å². The summed E-state index contributed by atoms with van der Waals surface area (Å²) in [7, 11) is 0. The quantitative estimate of drug-likeness (QED) is 0.628. The maximum atomic E-state index is 3.42. The lowest BCUT2D eigenvalue weighted by atomic mass is 9.88. The first-order valence-corrected chi connectivity index (χ1v) is 5.21. The van der Waals surface area contributed by atoms with Gasteiger partial charge in [0.05, 0.1) is 0 Å². The standard InChI is InChI=1S/C11H11Br/c12-8-10-6-3-5-9-4-1-2-7-11(9)10/h1-2,4,7-8H,3,5-6H2/b10-8-. The molecule has 1 heteroatoms. The molecule has 0 spiro atoms. The second-order valence-corrected chi connectivity index (χ2v) is 3.60. The smallest absolute Gasteiger partial charge is 0.0151 e. The monoisotopic (exact) mass is 222 g/mol. The van der Waals surface area contributed by atoms with E-state index in [-0.39, 0.29) is 0 Å². The Morgan fingerprint density at radius 3 is 2.83 bits per heavy atom. The number of aryl methyl sites for hydroxylation is 1. The number of allylic oxidation sites excluding steroid dienone is 1. The molecular formula is C11H11Br. The van der Waals surface area contributed by atoms with Crippen molar-refractivity contribution in [2.75, 3.05) is 0 Å². The van der Waals surface area contributed by atoms with Gasteiger partial charge in [0.2, 0.25) is 0 Å². The summed E-state index contributed by atoms with van der Waals surface area (Å²) in [6.07, 6.45) is 3.73. The van der Waals surface area contributed by atoms with Crippen LogP contribution in [-0.2, 0) is 6.42 Å². The summed E-state index contributed by atoms with van der Waals surface area (Å²) in [6.45, 7) is 0. The van der Waals surface area contributed by atoms with E-state index in [1.165, 1.54) is 36.0 Å². The maximum Gasteiger partial charge on any atom is -0.0151 e. The van der Waals surface area contributed by atoms with Crippen molar-refractivity contribution in [3.8, 4) is 0 Å². The average Bonchev–Trinajstić information content (AvgIpc) is 2.17. The summed E-state index contributed by atoms with van der Waals surface area (Å²) >= 11 is 3.42. The van der Waals surface area contributed by atoms with Gasteiger partial charge >= 0.3 is 0 Å². The molecule has 12 heavy (non-hydrogen) atoms. The molecule has 0 atom stereocenters. The first kappa shape index (κ1) is 8.06. The molecule has 0 amide bonds. The minimum absolute atomic E-state index is 1.21. The second kappa shape index (κ2) is 3.44. The zero-order valence-electron chi connectivity index (χ0n) is 6.89. The summed E-state index contributed by atoms with van der Waals surface area (Å²) in [5, 5.41) is 0. The molecule has 0 nitrogen and oxygen atoms in total. The summed E-state index contributed by atoms with van der Waals surface area (Å²) in [5.74, 6) is 0. The highest BCUT2D eigenvalue weighted by Crippen LogP contribution is 2.30. The number of hydrogen-bond acceptors (Lipinski definition) is 0. The normalized spacial score (nSPS) is 19.2. The van der Waals surface area contributed by atoms with Gasteiger partial charge in [-0.05, 0) is 40.9 Å². The van der Waals surface area contributed by atoms with E-state index in [1.54, 1.807) is 0 Å². The van der Waals surface area contributed by atoms with Gasteiger partial charge in [0.25, 0.3) is 0 Å². The predicted octanol–water partition coefficient (Wildman–Crippen LogP) is 3.76. The molecular weight excluding hydrogens is 212 g/mol. The fourth-order valence-electron chi connectivity index (χ4n) is 1.77. The maximum absolute atomic E-state index is 3.42. The van der Waals surface area contributed by atoms with Crippen LogP contribution in [0.5, 0.6) is 0 Å². The highest BCUT2D eigenvalue weighted by molar-refractivity contribution is 9.11. The van der Waals surface area contributed by atoms with E-state index < -0.39 is 0 Å². The molecule has 0 unspecified atom stereocenters. The van der Waals surface area contributed by atoms with Gasteiger partial charge in [-0.2, -0.15) is 0 Å². The lowest BCUT2D eigenvalue weighted by Crippen LogP contribution is -2.00. The zero-order valence-corrected chi connectivity index (χ0v) is 8.47. The van der Waals surface area contributed by atoms with Crippen molar-refractivity contribution in [2.45, 2.75) is 19.3 Å². The first-order chi connectivity index (χ1) is 5.92. The Kier molecular flexibility index (Phi) is 2.31. The van der Waals surface area contributed by atoms with E-state index in [2.05, 4.69) is 45.2 Å². The Hall–Kier alpha value is -0.560. The summed E-state index contributed by atoms with van der Waals surface area (Å²) in [4.78, 5) is 2.06. The van der Waals surface area contributed by atoms with Crippen molar-refractivity contribution in [1.29, 1.82) is 0 Å². The fourth-order valence-corrected chi connectivity index (χ4v) is 2.24. The highest BCUT2D eigenvalue weighted by atomic mass is 79.9. The molecule has 0 radical (unpaired) electrons. The van der Waals surface area contributed by atoms with E-state index >= 15 is 0 Å². The lowest BCUT2D eigenvalue weighted by Gasteiger charge is -2.17. The van der Waals surface area contributed by atoms with Crippen molar-refractivity contribution >= 4 is 21.5 Å². The molecule has 1 aromatic carbocycles. The minimum atomic E-state index is 1.21. The third-order valence-corrected chi connectivity index (χ3v) is 2.94. The largest absolute Gasteiger partial charge is 0.0620 e. The van der Waals surface area contributed by atoms with Crippen LogP contribution in [0.4, 0.5) is 0 Å². The molecule has 62 valence electrons. The van der Waals surface area contributed by atoms with Gasteiger partial charge in [0.15, 0.2) is 0 Å². The van der Waals surface area contributed by atoms with E-state index in [4.69, 9.17) is 0 Å². The molecule has 1 aliphatic rings. The molecule has 0 bridgehead atoms. The van der Waals surface area contributed by atoms with Crippen LogP contribution in [0.1, 0.15) is 24.0 Å². The Balaban J connectivity index is 2.51. The highest BCUT2D eigenvalue weighted by Gasteiger charge is 2.11. The van der Waals surface area contributed by atoms with Crippen molar-refractivity contribution in [3.05, 3.63) is 40.4 Å². The van der Waals surface area contributed by atoms with Gasteiger partial charge in [-0.1, -0.05) is 40.2 Å². The summed E-state index contributed by atoms with van der Waals surface area (Å²) in [5.41, 5.74) is 4.37. The summed E-state index contributed by atoms with van der Waals surface area (Å²) in [6, 6.07) is 8.67. The predicted molar refractivity (Wildman–Crippen MR) is 56.3 cm³/mol. The van der Waals surface area contributed by atoms with Crippen LogP contribution in [-0.4, -0.2) is 0 Å². The third-order valence-electron chi connectivity index (χ3n) is 2.39. The Labute approximate surface area is 81.4 Å². The molecule has 0 heterocycles. The number of benzene rings is 1. The van der Waals surface area contributed by atoms with Gasteiger partial charge in [-0.15, -0.1) is 0 Å². The van der Waals surface area contributed by atoms with Crippen LogP contribution in [0.15, 0.2) is 29.3 Å². The Bertz CT molecular complexity index is 313. The van der Waals surface area contributed by atoms with Crippen LogP contribution < -0.4 is 0 Å². The number of fused-ring (bicyclic) bond motifs is 1. The van der Waals surface area contributed by atoms with Crippen molar-refractivity contribution < 1.29 is 0 Å². The van der Waals surface area contributed by atoms with Gasteiger partial charge < -0.3 is 0 Å². The molecule has 0 aromatic heterocycles. The average molecular weight is 223 g/mol. The van der Waals surface area contributed by atoms with Crippen LogP contribution in [0.3, 0.4) is 0 Å². The van der Waals surface area contributed by atoms with E-state index in [9.17, 15) is 0 Å². The van der Waals surface area contributed by atoms with Crippen molar-refractivity contribution in [1.82, 2.24) is 0 Å². The van der Waals surface area contributed by atoms with Gasteiger partial charge in [-0.3, -0.25) is 0 Å². The number of rotatable bonds is 0. The second-order valence-electron chi connectivity index (χ2n) is 3.15.